The molecule has 0 unspecified atom stereocenters. The van der Waals surface area contributed by atoms with Crippen LogP contribution in [0.15, 0.2) is 29.2 Å². The van der Waals surface area contributed by atoms with Crippen LogP contribution in [0.25, 0.3) is 0 Å². The molecule has 0 amide bonds. The Kier molecular flexibility index (Phi) is 6.17. The molecule has 0 spiro atoms. The number of benzene rings is 1. The monoisotopic (exact) mass is 287 g/mol. The highest BCUT2D eigenvalue weighted by molar-refractivity contribution is 9.09. The van der Waals surface area contributed by atoms with E-state index in [9.17, 15) is 0 Å². The fourth-order valence-corrected chi connectivity index (χ4v) is 3.53. The molecule has 0 saturated carbocycles. The van der Waals surface area contributed by atoms with E-state index < -0.39 is 0 Å². The average molecular weight is 288 g/mol. The third-order valence-electron chi connectivity index (χ3n) is 1.50. The Bertz CT molecular complexity index is 305. The molecule has 0 saturated heterocycles. The van der Waals surface area contributed by atoms with Crippen molar-refractivity contribution < 1.29 is 0 Å². The predicted octanol–water partition coefficient (Wildman–Crippen LogP) is 4.08. The first-order valence-corrected chi connectivity index (χ1v) is 7.66. The van der Waals surface area contributed by atoms with Crippen LogP contribution in [0, 0.1) is 11.3 Å². The normalized spacial score (nSPS) is 9.71. The van der Waals surface area contributed by atoms with Crippen molar-refractivity contribution in [2.75, 3.05) is 11.1 Å². The first-order chi connectivity index (χ1) is 6.86. The van der Waals surface area contributed by atoms with Gasteiger partial charge in [-0.05, 0) is 30.7 Å². The van der Waals surface area contributed by atoms with Crippen LogP contribution < -0.4 is 0 Å². The lowest BCUT2D eigenvalue weighted by molar-refractivity contribution is 1.14. The van der Waals surface area contributed by atoms with Gasteiger partial charge in [0.05, 0.1) is 11.6 Å². The van der Waals surface area contributed by atoms with Crippen molar-refractivity contribution in [3.8, 4) is 6.07 Å². The zero-order chi connectivity index (χ0) is 10.2. The third-order valence-corrected chi connectivity index (χ3v) is 4.53. The molecule has 0 atom stereocenters. The van der Waals surface area contributed by atoms with Crippen LogP contribution in [0.2, 0.25) is 0 Å². The molecule has 1 aromatic carbocycles. The molecule has 0 bridgehead atoms. The highest BCUT2D eigenvalue weighted by atomic mass is 79.9. The predicted molar refractivity (Wildman–Crippen MR) is 67.9 cm³/mol. The second-order valence-corrected chi connectivity index (χ2v) is 5.87. The van der Waals surface area contributed by atoms with Crippen LogP contribution >= 0.6 is 37.5 Å². The summed E-state index contributed by atoms with van der Waals surface area (Å²) in [6.07, 6.45) is 1.19. The molecule has 0 heterocycles. The quantitative estimate of drug-likeness (QED) is 0.463. The van der Waals surface area contributed by atoms with Crippen molar-refractivity contribution in [2.45, 2.75) is 11.3 Å². The fourth-order valence-electron chi connectivity index (χ4n) is 0.808. The number of hydrogen-bond acceptors (Lipinski definition) is 3. The standard InChI is InChI=1S/C10H10BrNS2/c11-6-1-7-13-14-10-4-2-9(8-12)3-5-10/h2-5H,1,6-7H2. The van der Waals surface area contributed by atoms with Crippen molar-refractivity contribution in [2.24, 2.45) is 0 Å². The number of hydrogen-bond donors (Lipinski definition) is 0. The summed E-state index contributed by atoms with van der Waals surface area (Å²) < 4.78 is 0. The van der Waals surface area contributed by atoms with E-state index in [2.05, 4.69) is 22.0 Å². The summed E-state index contributed by atoms with van der Waals surface area (Å²) >= 11 is 3.40. The number of rotatable bonds is 5. The van der Waals surface area contributed by atoms with Gasteiger partial charge in [0.1, 0.15) is 0 Å². The third kappa shape index (κ3) is 4.41. The molecule has 0 aliphatic carbocycles. The minimum Gasteiger partial charge on any atom is -0.192 e. The highest BCUT2D eigenvalue weighted by Gasteiger charge is 1.95. The maximum absolute atomic E-state index is 8.61. The van der Waals surface area contributed by atoms with Crippen LogP contribution in [0.5, 0.6) is 0 Å². The fraction of sp³-hybridized carbons (Fsp3) is 0.300. The first-order valence-electron chi connectivity index (χ1n) is 4.22. The molecule has 0 aromatic heterocycles. The van der Waals surface area contributed by atoms with E-state index in [1.54, 1.807) is 10.8 Å². The van der Waals surface area contributed by atoms with Gasteiger partial charge in [-0.15, -0.1) is 0 Å². The molecule has 1 nitrogen and oxygen atoms in total. The van der Waals surface area contributed by atoms with Crippen molar-refractivity contribution in [3.63, 3.8) is 0 Å². The minimum absolute atomic E-state index is 0.722. The molecule has 74 valence electrons. The van der Waals surface area contributed by atoms with Crippen LogP contribution in [-0.2, 0) is 0 Å². The van der Waals surface area contributed by atoms with Crippen LogP contribution in [0.1, 0.15) is 12.0 Å². The van der Waals surface area contributed by atoms with Gasteiger partial charge in [0.25, 0.3) is 0 Å². The van der Waals surface area contributed by atoms with Crippen LogP contribution in [-0.4, -0.2) is 11.1 Å². The zero-order valence-corrected chi connectivity index (χ0v) is 10.8. The number of alkyl halides is 1. The molecule has 0 aliphatic heterocycles. The van der Waals surface area contributed by atoms with E-state index >= 15 is 0 Å². The van der Waals surface area contributed by atoms with Gasteiger partial charge >= 0.3 is 0 Å². The lowest BCUT2D eigenvalue weighted by atomic mass is 10.2. The Morgan fingerprint density at radius 1 is 1.29 bits per heavy atom. The zero-order valence-electron chi connectivity index (χ0n) is 7.57. The van der Waals surface area contributed by atoms with Crippen molar-refractivity contribution in [1.82, 2.24) is 0 Å². The maximum Gasteiger partial charge on any atom is 0.0991 e. The van der Waals surface area contributed by atoms with Crippen molar-refractivity contribution >= 4 is 37.5 Å². The summed E-state index contributed by atoms with van der Waals surface area (Å²) in [4.78, 5) is 1.21. The van der Waals surface area contributed by atoms with Gasteiger partial charge in [-0.25, -0.2) is 0 Å². The van der Waals surface area contributed by atoms with Gasteiger partial charge in [-0.3, -0.25) is 0 Å². The lowest BCUT2D eigenvalue weighted by Crippen LogP contribution is -1.77. The summed E-state index contributed by atoms with van der Waals surface area (Å²) in [5.74, 6) is 1.15. The number of nitriles is 1. The van der Waals surface area contributed by atoms with Crippen molar-refractivity contribution in [1.29, 1.82) is 5.26 Å². The molecule has 4 heteroatoms. The molecule has 0 N–H and O–H groups in total. The molecular weight excluding hydrogens is 278 g/mol. The molecule has 14 heavy (non-hydrogen) atoms. The lowest BCUT2D eigenvalue weighted by Gasteiger charge is -1.99. The molecule has 1 aromatic rings. The Morgan fingerprint density at radius 2 is 2.00 bits per heavy atom. The largest absolute Gasteiger partial charge is 0.192 e. The van der Waals surface area contributed by atoms with E-state index in [0.29, 0.717) is 0 Å². The smallest absolute Gasteiger partial charge is 0.0991 e. The Labute approximate surface area is 101 Å². The van der Waals surface area contributed by atoms with Gasteiger partial charge in [0, 0.05) is 16.0 Å². The van der Waals surface area contributed by atoms with Gasteiger partial charge in [-0.2, -0.15) is 5.26 Å². The Hall–Kier alpha value is -0.110. The second kappa shape index (κ2) is 7.22. The van der Waals surface area contributed by atoms with E-state index in [1.807, 2.05) is 35.1 Å². The second-order valence-electron chi connectivity index (χ2n) is 2.58. The molecule has 0 aliphatic rings. The van der Waals surface area contributed by atoms with Gasteiger partial charge in [0.2, 0.25) is 0 Å². The van der Waals surface area contributed by atoms with Gasteiger partial charge in [0.15, 0.2) is 0 Å². The summed E-state index contributed by atoms with van der Waals surface area (Å²) in [7, 11) is 3.61. The Morgan fingerprint density at radius 3 is 2.57 bits per heavy atom. The van der Waals surface area contributed by atoms with E-state index in [4.69, 9.17) is 5.26 Å². The van der Waals surface area contributed by atoms with E-state index in [0.717, 1.165) is 16.6 Å². The summed E-state index contributed by atoms with van der Waals surface area (Å²) in [5.41, 5.74) is 0.722. The van der Waals surface area contributed by atoms with Gasteiger partial charge in [-0.1, -0.05) is 37.5 Å². The van der Waals surface area contributed by atoms with E-state index in [-0.39, 0.29) is 0 Å². The van der Waals surface area contributed by atoms with E-state index in [1.165, 1.54) is 11.3 Å². The topological polar surface area (TPSA) is 23.8 Å². The SMILES string of the molecule is N#Cc1ccc(SSCCCBr)cc1. The summed E-state index contributed by atoms with van der Waals surface area (Å²) in [5, 5.41) is 9.67. The van der Waals surface area contributed by atoms with Gasteiger partial charge < -0.3 is 0 Å². The molecule has 1 rings (SSSR count). The first kappa shape index (κ1) is 12.0. The average Bonchev–Trinajstić information content (AvgIpc) is 2.25. The molecule has 0 fully saturated rings. The summed E-state index contributed by atoms with van der Waals surface area (Å²) in [6.45, 7) is 0. The molecular formula is C10H10BrNS2. The van der Waals surface area contributed by atoms with Crippen LogP contribution in [0.3, 0.4) is 0 Å². The number of halogens is 1. The summed E-state index contributed by atoms with van der Waals surface area (Å²) in [6, 6.07) is 9.80. The Balaban J connectivity index is 2.33. The minimum atomic E-state index is 0.722. The van der Waals surface area contributed by atoms with Crippen LogP contribution in [0.4, 0.5) is 0 Å². The highest BCUT2D eigenvalue weighted by Crippen LogP contribution is 2.31. The molecule has 0 radical (unpaired) electrons. The number of nitrogens with zero attached hydrogens (tertiary/aromatic N) is 1. The maximum atomic E-state index is 8.61. The van der Waals surface area contributed by atoms with Crippen molar-refractivity contribution in [3.05, 3.63) is 29.8 Å².